The summed E-state index contributed by atoms with van der Waals surface area (Å²) in [4.78, 5) is 15.3. The molecule has 2 aromatic heterocycles. The van der Waals surface area contributed by atoms with Gasteiger partial charge in [-0.15, -0.1) is 11.3 Å². The largest absolute Gasteiger partial charge is 0.410 e. The number of fused-ring (bicyclic) bond motifs is 1. The number of nitrogens with one attached hydrogen (secondary N) is 1. The van der Waals surface area contributed by atoms with Gasteiger partial charge >= 0.3 is 6.18 Å². The number of alkyl halides is 3. The highest BCUT2D eigenvalue weighted by atomic mass is 32.1. The summed E-state index contributed by atoms with van der Waals surface area (Å²) in [5.74, 6) is -0.266. The third-order valence-electron chi connectivity index (χ3n) is 4.96. The van der Waals surface area contributed by atoms with Gasteiger partial charge in [0.25, 0.3) is 5.91 Å². The summed E-state index contributed by atoms with van der Waals surface area (Å²) in [7, 11) is 1.63. The third-order valence-corrected chi connectivity index (χ3v) is 5.95. The molecule has 29 heavy (non-hydrogen) atoms. The molecule has 4 rings (SSSR count). The maximum atomic E-state index is 13.7. The van der Waals surface area contributed by atoms with E-state index in [4.69, 9.17) is 0 Å². The zero-order chi connectivity index (χ0) is 20.6. The zero-order valence-corrected chi connectivity index (χ0v) is 16.4. The molecule has 0 saturated carbocycles. The van der Waals surface area contributed by atoms with Crippen LogP contribution in [0.5, 0.6) is 0 Å². The zero-order valence-electron chi connectivity index (χ0n) is 15.6. The van der Waals surface area contributed by atoms with Crippen molar-refractivity contribution in [3.05, 3.63) is 70.0 Å². The lowest BCUT2D eigenvalue weighted by Gasteiger charge is -2.33. The average molecular weight is 420 g/mol. The third kappa shape index (κ3) is 3.87. The molecule has 0 saturated heterocycles. The van der Waals surface area contributed by atoms with Gasteiger partial charge in [-0.1, -0.05) is 36.4 Å². The normalized spacial score (nSPS) is 18.8. The number of amides is 1. The highest BCUT2D eigenvalue weighted by Gasteiger charge is 2.47. The second-order valence-electron chi connectivity index (χ2n) is 7.00. The van der Waals surface area contributed by atoms with Gasteiger partial charge in [-0.3, -0.25) is 4.79 Å². The van der Waals surface area contributed by atoms with Gasteiger partial charge in [0.2, 0.25) is 0 Å². The monoisotopic (exact) mass is 420 g/mol. The predicted octanol–water partition coefficient (Wildman–Crippen LogP) is 4.88. The van der Waals surface area contributed by atoms with Gasteiger partial charge < -0.3 is 10.2 Å². The Morgan fingerprint density at radius 1 is 1.28 bits per heavy atom. The Kier molecular flexibility index (Phi) is 5.08. The molecule has 0 unspecified atom stereocenters. The van der Waals surface area contributed by atoms with Gasteiger partial charge in [-0.05, 0) is 17.0 Å². The average Bonchev–Trinajstić information content (AvgIpc) is 3.36. The van der Waals surface area contributed by atoms with Crippen LogP contribution >= 0.6 is 11.3 Å². The van der Waals surface area contributed by atoms with Gasteiger partial charge in [0.05, 0.1) is 12.2 Å². The second kappa shape index (κ2) is 7.55. The van der Waals surface area contributed by atoms with Crippen LogP contribution in [0.15, 0.2) is 54.0 Å². The Bertz CT molecular complexity index is 985. The number of rotatable bonds is 4. The summed E-state index contributed by atoms with van der Waals surface area (Å²) in [6.45, 7) is 0.349. The minimum absolute atomic E-state index is 0.113. The molecule has 1 aliphatic rings. The number of benzene rings is 1. The Morgan fingerprint density at radius 2 is 2.03 bits per heavy atom. The van der Waals surface area contributed by atoms with Crippen LogP contribution in [0.4, 0.5) is 19.0 Å². The van der Waals surface area contributed by atoms with Crippen LogP contribution < -0.4 is 5.32 Å². The van der Waals surface area contributed by atoms with Crippen LogP contribution in [-0.4, -0.2) is 33.8 Å². The van der Waals surface area contributed by atoms with Crippen LogP contribution in [0.1, 0.15) is 39.3 Å². The molecule has 3 heterocycles. The number of nitrogens with zero attached hydrogens (tertiary/aromatic N) is 3. The van der Waals surface area contributed by atoms with Crippen molar-refractivity contribution >= 4 is 23.1 Å². The Balaban J connectivity index is 1.65. The minimum Gasteiger partial charge on any atom is -0.362 e. The molecule has 1 aliphatic heterocycles. The quantitative estimate of drug-likeness (QED) is 0.655. The van der Waals surface area contributed by atoms with Crippen molar-refractivity contribution in [1.82, 2.24) is 14.7 Å². The Hall–Kier alpha value is -2.81. The number of hydrogen-bond donors (Lipinski definition) is 1. The van der Waals surface area contributed by atoms with Crippen molar-refractivity contribution in [3.63, 3.8) is 0 Å². The SMILES string of the molecule is CN(Cc1ccccc1)C(=O)c1cnn2c1N[C@H](c1cccs1)C[C@H]2C(F)(F)F. The van der Waals surface area contributed by atoms with E-state index in [0.717, 1.165) is 15.1 Å². The fraction of sp³-hybridized carbons (Fsp3) is 0.300. The number of aromatic nitrogens is 2. The molecule has 0 bridgehead atoms. The van der Waals surface area contributed by atoms with Crippen molar-refractivity contribution in [2.24, 2.45) is 0 Å². The number of carbonyl (C=O) groups excluding carboxylic acids is 1. The highest BCUT2D eigenvalue weighted by molar-refractivity contribution is 7.10. The molecular formula is C20H19F3N4OS. The fourth-order valence-electron chi connectivity index (χ4n) is 3.53. The maximum absolute atomic E-state index is 13.7. The van der Waals surface area contributed by atoms with Gasteiger partial charge in [0, 0.05) is 24.9 Å². The lowest BCUT2D eigenvalue weighted by Crippen LogP contribution is -2.36. The van der Waals surface area contributed by atoms with Gasteiger partial charge in [0.15, 0.2) is 6.04 Å². The van der Waals surface area contributed by atoms with Crippen LogP contribution in [0, 0.1) is 0 Å². The molecule has 3 aromatic rings. The van der Waals surface area contributed by atoms with E-state index in [1.807, 2.05) is 35.7 Å². The summed E-state index contributed by atoms with van der Waals surface area (Å²) < 4.78 is 42.0. The first-order valence-electron chi connectivity index (χ1n) is 9.08. The van der Waals surface area contributed by atoms with E-state index < -0.39 is 18.3 Å². The molecule has 0 aliphatic carbocycles. The topological polar surface area (TPSA) is 50.2 Å². The molecule has 0 fully saturated rings. The summed E-state index contributed by atoms with van der Waals surface area (Å²) in [6.07, 6.45) is -3.41. The molecule has 1 amide bonds. The number of anilines is 1. The smallest absolute Gasteiger partial charge is 0.362 e. The first kappa shape index (κ1) is 19.5. The Labute approximate surface area is 169 Å². The van der Waals surface area contributed by atoms with Crippen molar-refractivity contribution in [1.29, 1.82) is 0 Å². The highest BCUT2D eigenvalue weighted by Crippen LogP contribution is 2.45. The van der Waals surface area contributed by atoms with Crippen LogP contribution in [-0.2, 0) is 6.54 Å². The van der Waals surface area contributed by atoms with E-state index in [9.17, 15) is 18.0 Å². The number of carbonyl (C=O) groups is 1. The number of halogens is 3. The molecule has 152 valence electrons. The van der Waals surface area contributed by atoms with Gasteiger partial charge in [-0.25, -0.2) is 4.68 Å². The van der Waals surface area contributed by atoms with E-state index in [-0.39, 0.29) is 23.7 Å². The molecule has 2 atom stereocenters. The van der Waals surface area contributed by atoms with Crippen molar-refractivity contribution in [2.75, 3.05) is 12.4 Å². The van der Waals surface area contributed by atoms with Crippen LogP contribution in [0.25, 0.3) is 0 Å². The fourth-order valence-corrected chi connectivity index (χ4v) is 4.32. The Morgan fingerprint density at radius 3 is 2.69 bits per heavy atom. The molecule has 1 aromatic carbocycles. The van der Waals surface area contributed by atoms with Crippen molar-refractivity contribution < 1.29 is 18.0 Å². The van der Waals surface area contributed by atoms with Gasteiger partial charge in [0.1, 0.15) is 11.4 Å². The molecular weight excluding hydrogens is 401 g/mol. The molecule has 5 nitrogen and oxygen atoms in total. The molecule has 0 spiro atoms. The maximum Gasteiger partial charge on any atom is 0.410 e. The van der Waals surface area contributed by atoms with Crippen molar-refractivity contribution in [3.8, 4) is 0 Å². The summed E-state index contributed by atoms with van der Waals surface area (Å²) in [5, 5.41) is 8.86. The van der Waals surface area contributed by atoms with Crippen LogP contribution in [0.2, 0.25) is 0 Å². The molecule has 1 N–H and O–H groups in total. The van der Waals surface area contributed by atoms with Crippen LogP contribution in [0.3, 0.4) is 0 Å². The lowest BCUT2D eigenvalue weighted by molar-refractivity contribution is -0.173. The molecule has 9 heteroatoms. The second-order valence-corrected chi connectivity index (χ2v) is 7.98. The lowest BCUT2D eigenvalue weighted by atomic mass is 10.0. The van der Waals surface area contributed by atoms with Crippen molar-refractivity contribution in [2.45, 2.75) is 31.2 Å². The van der Waals surface area contributed by atoms with E-state index in [1.165, 1.54) is 22.4 Å². The minimum atomic E-state index is -4.46. The van der Waals surface area contributed by atoms with E-state index >= 15 is 0 Å². The van der Waals surface area contributed by atoms with E-state index in [0.29, 0.717) is 6.54 Å². The first-order chi connectivity index (χ1) is 13.8. The standard InChI is InChI=1S/C20H19F3N4OS/c1-26(12-13-6-3-2-4-7-13)19(28)14-11-24-27-17(20(21,22)23)10-15(25-18(14)27)16-8-5-9-29-16/h2-9,11,15,17,25H,10,12H2,1H3/t15-,17-/m0/s1. The predicted molar refractivity (Wildman–Crippen MR) is 105 cm³/mol. The summed E-state index contributed by atoms with van der Waals surface area (Å²) >= 11 is 1.39. The number of hydrogen-bond acceptors (Lipinski definition) is 4. The summed E-state index contributed by atoms with van der Waals surface area (Å²) in [6, 6.07) is 10.7. The molecule has 0 radical (unpaired) electrons. The van der Waals surface area contributed by atoms with E-state index in [2.05, 4.69) is 10.4 Å². The van der Waals surface area contributed by atoms with Gasteiger partial charge in [-0.2, -0.15) is 18.3 Å². The van der Waals surface area contributed by atoms with E-state index in [1.54, 1.807) is 19.2 Å². The first-order valence-corrected chi connectivity index (χ1v) is 9.96. The summed E-state index contributed by atoms with van der Waals surface area (Å²) in [5.41, 5.74) is 1.07. The number of thiophene rings is 1.